The number of carbonyl (C=O) groups excluding carboxylic acids is 2. The van der Waals surface area contributed by atoms with Crippen LogP contribution in [0.3, 0.4) is 0 Å². The summed E-state index contributed by atoms with van der Waals surface area (Å²) in [5.74, 6) is -0.343. The van der Waals surface area contributed by atoms with Gasteiger partial charge in [0.15, 0.2) is 0 Å². The van der Waals surface area contributed by atoms with E-state index in [0.29, 0.717) is 24.4 Å². The molecule has 0 aliphatic carbocycles. The molecular formula is C18H22N4O3. The topological polar surface area (TPSA) is 85.3 Å². The Labute approximate surface area is 146 Å². The van der Waals surface area contributed by atoms with Gasteiger partial charge < -0.3 is 19.9 Å². The molecule has 2 amide bonds. The Balaban J connectivity index is 1.58. The molecule has 2 atom stereocenters. The van der Waals surface area contributed by atoms with Crippen molar-refractivity contribution in [2.45, 2.75) is 38.5 Å². The highest BCUT2D eigenvalue weighted by Gasteiger charge is 2.23. The van der Waals surface area contributed by atoms with E-state index in [1.54, 1.807) is 36.8 Å². The molecule has 1 aromatic heterocycles. The number of hydrogen-bond donors (Lipinski definition) is 2. The van der Waals surface area contributed by atoms with E-state index in [1.807, 2.05) is 17.7 Å². The van der Waals surface area contributed by atoms with Gasteiger partial charge in [0.1, 0.15) is 6.10 Å². The van der Waals surface area contributed by atoms with Crippen molar-refractivity contribution in [3.05, 3.63) is 48.5 Å². The first-order valence-corrected chi connectivity index (χ1v) is 8.41. The maximum atomic E-state index is 12.4. The highest BCUT2D eigenvalue weighted by molar-refractivity contribution is 5.98. The van der Waals surface area contributed by atoms with Gasteiger partial charge in [-0.3, -0.25) is 9.59 Å². The lowest BCUT2D eigenvalue weighted by atomic mass is 10.1. The van der Waals surface area contributed by atoms with Crippen molar-refractivity contribution >= 4 is 17.5 Å². The van der Waals surface area contributed by atoms with E-state index in [9.17, 15) is 9.59 Å². The quantitative estimate of drug-likeness (QED) is 0.838. The van der Waals surface area contributed by atoms with Crippen molar-refractivity contribution in [3.63, 3.8) is 0 Å². The van der Waals surface area contributed by atoms with Gasteiger partial charge in [-0.15, -0.1) is 0 Å². The van der Waals surface area contributed by atoms with Crippen LogP contribution in [0.1, 0.15) is 30.1 Å². The number of aromatic nitrogens is 2. The lowest BCUT2D eigenvalue weighted by molar-refractivity contribution is -0.124. The largest absolute Gasteiger partial charge is 0.368 e. The summed E-state index contributed by atoms with van der Waals surface area (Å²) in [4.78, 5) is 28.5. The molecule has 1 saturated heterocycles. The van der Waals surface area contributed by atoms with Gasteiger partial charge >= 0.3 is 0 Å². The molecule has 1 fully saturated rings. The molecular weight excluding hydrogens is 320 g/mol. The number of benzene rings is 1. The summed E-state index contributed by atoms with van der Waals surface area (Å²) in [5.41, 5.74) is 1.10. The third-order valence-corrected chi connectivity index (χ3v) is 4.04. The number of ether oxygens (including phenoxy) is 1. The summed E-state index contributed by atoms with van der Waals surface area (Å²) in [5, 5.41) is 5.76. The molecule has 2 N–H and O–H groups in total. The molecule has 7 nitrogen and oxygen atoms in total. The molecule has 0 radical (unpaired) electrons. The third-order valence-electron chi connectivity index (χ3n) is 4.04. The molecule has 2 heterocycles. The average Bonchev–Trinajstić information content (AvgIpc) is 3.28. The van der Waals surface area contributed by atoms with Gasteiger partial charge in [0.2, 0.25) is 0 Å². The summed E-state index contributed by atoms with van der Waals surface area (Å²) in [6, 6.07) is 6.86. The van der Waals surface area contributed by atoms with Crippen LogP contribution in [0.5, 0.6) is 0 Å². The van der Waals surface area contributed by atoms with Crippen LogP contribution in [0.15, 0.2) is 43.0 Å². The van der Waals surface area contributed by atoms with E-state index < -0.39 is 6.10 Å². The van der Waals surface area contributed by atoms with E-state index in [0.717, 1.165) is 12.8 Å². The molecule has 25 heavy (non-hydrogen) atoms. The van der Waals surface area contributed by atoms with Crippen LogP contribution < -0.4 is 10.6 Å². The lowest BCUT2D eigenvalue weighted by Crippen LogP contribution is -2.35. The fourth-order valence-electron chi connectivity index (χ4n) is 2.81. The SMILES string of the molecule is C[C@@H](Cn1ccnc1)NC(=O)c1cccc(NC(=O)[C@H]2CCCO2)c1. The number of nitrogens with one attached hydrogen (secondary N) is 2. The van der Waals surface area contributed by atoms with Gasteiger partial charge in [-0.1, -0.05) is 6.07 Å². The van der Waals surface area contributed by atoms with Crippen molar-refractivity contribution in [1.82, 2.24) is 14.9 Å². The summed E-state index contributed by atoms with van der Waals surface area (Å²) < 4.78 is 7.27. The number of anilines is 1. The smallest absolute Gasteiger partial charge is 0.253 e. The number of amides is 2. The minimum absolute atomic E-state index is 0.0492. The zero-order chi connectivity index (χ0) is 17.6. The van der Waals surface area contributed by atoms with Crippen molar-refractivity contribution in [3.8, 4) is 0 Å². The standard InChI is InChI=1S/C18H22N4O3/c1-13(11-22-8-7-19-12-22)20-17(23)14-4-2-5-15(10-14)21-18(24)16-6-3-9-25-16/h2,4-5,7-8,10,12-13,16H,3,6,9,11H2,1H3,(H,20,23)(H,21,24)/t13-,16+/m0/s1. The van der Waals surface area contributed by atoms with Crippen LogP contribution in [0.25, 0.3) is 0 Å². The van der Waals surface area contributed by atoms with Gasteiger partial charge in [-0.25, -0.2) is 4.98 Å². The number of rotatable bonds is 6. The highest BCUT2D eigenvalue weighted by Crippen LogP contribution is 2.16. The minimum Gasteiger partial charge on any atom is -0.368 e. The first-order chi connectivity index (χ1) is 12.1. The molecule has 1 aliphatic rings. The van der Waals surface area contributed by atoms with E-state index in [2.05, 4.69) is 15.6 Å². The van der Waals surface area contributed by atoms with Gasteiger partial charge in [0, 0.05) is 42.8 Å². The van der Waals surface area contributed by atoms with Crippen molar-refractivity contribution < 1.29 is 14.3 Å². The van der Waals surface area contributed by atoms with E-state index >= 15 is 0 Å². The lowest BCUT2D eigenvalue weighted by Gasteiger charge is -2.15. The van der Waals surface area contributed by atoms with Crippen LogP contribution in [-0.4, -0.2) is 40.1 Å². The summed E-state index contributed by atoms with van der Waals surface area (Å²) in [7, 11) is 0. The van der Waals surface area contributed by atoms with Crippen molar-refractivity contribution in [2.24, 2.45) is 0 Å². The molecule has 0 spiro atoms. The van der Waals surface area contributed by atoms with Crippen molar-refractivity contribution in [2.75, 3.05) is 11.9 Å². The average molecular weight is 342 g/mol. The maximum absolute atomic E-state index is 12.4. The zero-order valence-corrected chi connectivity index (χ0v) is 14.1. The monoisotopic (exact) mass is 342 g/mol. The minimum atomic E-state index is -0.396. The first-order valence-electron chi connectivity index (χ1n) is 8.41. The number of imidazole rings is 1. The first kappa shape index (κ1) is 17.2. The molecule has 2 aromatic rings. The van der Waals surface area contributed by atoms with Gasteiger partial charge in [-0.05, 0) is 38.0 Å². The Morgan fingerprint density at radius 2 is 2.32 bits per heavy atom. The number of carbonyl (C=O) groups is 2. The molecule has 3 rings (SSSR count). The summed E-state index contributed by atoms with van der Waals surface area (Å²) in [6.07, 6.45) is 6.50. The maximum Gasteiger partial charge on any atom is 0.253 e. The van der Waals surface area contributed by atoms with Gasteiger partial charge in [0.05, 0.1) is 6.33 Å². The molecule has 1 aliphatic heterocycles. The Morgan fingerprint density at radius 1 is 1.44 bits per heavy atom. The van der Waals surface area contributed by atoms with Crippen molar-refractivity contribution in [1.29, 1.82) is 0 Å². The Hall–Kier alpha value is -2.67. The summed E-state index contributed by atoms with van der Waals surface area (Å²) >= 11 is 0. The molecule has 7 heteroatoms. The second-order valence-corrected chi connectivity index (χ2v) is 6.21. The molecule has 132 valence electrons. The normalized spacial score (nSPS) is 17.9. The van der Waals surface area contributed by atoms with Crippen LogP contribution >= 0.6 is 0 Å². The van der Waals surface area contributed by atoms with Crippen LogP contribution in [0.2, 0.25) is 0 Å². The molecule has 0 bridgehead atoms. The Kier molecular flexibility index (Phi) is 5.45. The number of nitrogens with zero attached hydrogens (tertiary/aromatic N) is 2. The van der Waals surface area contributed by atoms with Gasteiger partial charge in [-0.2, -0.15) is 0 Å². The van der Waals surface area contributed by atoms with Crippen LogP contribution in [0.4, 0.5) is 5.69 Å². The second-order valence-electron chi connectivity index (χ2n) is 6.21. The Bertz CT molecular complexity index is 724. The van der Waals surface area contributed by atoms with Crippen LogP contribution in [0, 0.1) is 0 Å². The molecule has 0 unspecified atom stereocenters. The van der Waals surface area contributed by atoms with E-state index in [1.165, 1.54) is 0 Å². The van der Waals surface area contributed by atoms with E-state index in [4.69, 9.17) is 4.74 Å². The zero-order valence-electron chi connectivity index (χ0n) is 14.1. The molecule has 1 aromatic carbocycles. The second kappa shape index (κ2) is 7.94. The van der Waals surface area contributed by atoms with E-state index in [-0.39, 0.29) is 17.9 Å². The Morgan fingerprint density at radius 3 is 3.04 bits per heavy atom. The van der Waals surface area contributed by atoms with Gasteiger partial charge in [0.25, 0.3) is 11.8 Å². The number of hydrogen-bond acceptors (Lipinski definition) is 4. The molecule has 0 saturated carbocycles. The fraction of sp³-hybridized carbons (Fsp3) is 0.389. The predicted octanol–water partition coefficient (Wildman–Crippen LogP) is 1.82. The highest BCUT2D eigenvalue weighted by atomic mass is 16.5. The summed E-state index contributed by atoms with van der Waals surface area (Å²) in [6.45, 7) is 3.19. The van der Waals surface area contributed by atoms with Crippen LogP contribution in [-0.2, 0) is 16.1 Å². The third kappa shape index (κ3) is 4.67. The fourth-order valence-corrected chi connectivity index (χ4v) is 2.81. The predicted molar refractivity (Wildman–Crippen MR) is 93.2 cm³/mol.